The van der Waals surface area contributed by atoms with Crippen molar-refractivity contribution in [3.63, 3.8) is 0 Å². The van der Waals surface area contributed by atoms with Gasteiger partial charge in [-0.1, -0.05) is 60.7 Å². The molecule has 6 heteroatoms. The zero-order chi connectivity index (χ0) is 24.9. The highest BCUT2D eigenvalue weighted by Gasteiger charge is 2.13. The van der Waals surface area contributed by atoms with Crippen molar-refractivity contribution in [1.82, 2.24) is 14.9 Å². The highest BCUT2D eigenvalue weighted by atomic mass is 16.5. The van der Waals surface area contributed by atoms with Gasteiger partial charge in [-0.05, 0) is 54.6 Å². The van der Waals surface area contributed by atoms with Gasteiger partial charge in [0.05, 0.1) is 24.1 Å². The second kappa shape index (κ2) is 10.5. The van der Waals surface area contributed by atoms with Crippen LogP contribution in [0.25, 0.3) is 21.8 Å². The number of carbonyl (C=O) groups excluding carboxylic acids is 1. The summed E-state index contributed by atoms with van der Waals surface area (Å²) < 4.78 is 14.0. The van der Waals surface area contributed by atoms with E-state index >= 15 is 0 Å². The number of hydrogen-bond donors (Lipinski definition) is 1. The van der Waals surface area contributed by atoms with E-state index in [1.807, 2.05) is 80.6 Å². The lowest BCUT2D eigenvalue weighted by Crippen LogP contribution is -2.30. The second-order valence-corrected chi connectivity index (χ2v) is 8.83. The summed E-state index contributed by atoms with van der Waals surface area (Å²) in [6.45, 7) is 5.31. The summed E-state index contributed by atoms with van der Waals surface area (Å²) in [5.41, 5.74) is 3.99. The van der Waals surface area contributed by atoms with E-state index in [9.17, 15) is 4.79 Å². The zero-order valence-corrected chi connectivity index (χ0v) is 20.5. The molecule has 1 amide bonds. The number of para-hydroxylation sites is 2. The number of fused-ring (bicyclic) bond motifs is 2. The maximum atomic E-state index is 12.5. The minimum atomic E-state index is -0.193. The molecule has 0 bridgehead atoms. The van der Waals surface area contributed by atoms with Gasteiger partial charge in [0, 0.05) is 5.39 Å². The molecule has 1 aromatic heterocycles. The van der Waals surface area contributed by atoms with E-state index in [0.717, 1.165) is 50.3 Å². The first-order valence-corrected chi connectivity index (χ1v) is 12.1. The monoisotopic (exact) mass is 479 g/mol. The average Bonchev–Trinajstić information content (AvgIpc) is 3.25. The molecule has 182 valence electrons. The first kappa shape index (κ1) is 23.4. The van der Waals surface area contributed by atoms with E-state index < -0.39 is 0 Å². The van der Waals surface area contributed by atoms with E-state index in [1.54, 1.807) is 0 Å². The molecule has 1 heterocycles. The standard InChI is InChI=1S/C30H29N3O3/c1-21-14-15-22(2)28(18-21)36-20-30(34)31-19-29-32-25-11-5-6-12-26(25)33(29)16-17-35-27-13-7-9-23-8-3-4-10-24(23)27/h3-15,18H,16-17,19-20H2,1-2H3,(H,31,34). The minimum absolute atomic E-state index is 0.0469. The maximum Gasteiger partial charge on any atom is 0.258 e. The molecule has 0 aliphatic heterocycles. The summed E-state index contributed by atoms with van der Waals surface area (Å²) in [7, 11) is 0. The highest BCUT2D eigenvalue weighted by Crippen LogP contribution is 2.25. The number of rotatable bonds is 9. The first-order valence-electron chi connectivity index (χ1n) is 12.1. The molecule has 0 saturated carbocycles. The van der Waals surface area contributed by atoms with Crippen LogP contribution in [0.5, 0.6) is 11.5 Å². The predicted molar refractivity (Wildman–Crippen MR) is 142 cm³/mol. The molecule has 0 fully saturated rings. The summed E-state index contributed by atoms with van der Waals surface area (Å²) in [6, 6.07) is 28.2. The Balaban J connectivity index is 1.25. The Bertz CT molecular complexity index is 1520. The van der Waals surface area contributed by atoms with E-state index in [0.29, 0.717) is 19.7 Å². The van der Waals surface area contributed by atoms with Crippen LogP contribution in [0, 0.1) is 13.8 Å². The molecule has 5 rings (SSSR count). The Hall–Kier alpha value is -4.32. The van der Waals surface area contributed by atoms with Crippen molar-refractivity contribution >= 4 is 27.7 Å². The molecule has 6 nitrogen and oxygen atoms in total. The van der Waals surface area contributed by atoms with Crippen LogP contribution in [-0.4, -0.2) is 28.7 Å². The maximum absolute atomic E-state index is 12.5. The number of aryl methyl sites for hydroxylation is 2. The second-order valence-electron chi connectivity index (χ2n) is 8.83. The number of aromatic nitrogens is 2. The number of nitrogens with zero attached hydrogens (tertiary/aromatic N) is 2. The third kappa shape index (κ3) is 5.18. The molecule has 0 unspecified atom stereocenters. The summed E-state index contributed by atoms with van der Waals surface area (Å²) in [5.74, 6) is 2.17. The van der Waals surface area contributed by atoms with Crippen molar-refractivity contribution in [2.45, 2.75) is 26.9 Å². The predicted octanol–water partition coefficient (Wildman–Crippen LogP) is 5.58. The van der Waals surface area contributed by atoms with Gasteiger partial charge in [-0.3, -0.25) is 4.79 Å². The molecule has 0 saturated heterocycles. The fraction of sp³-hybridized carbons (Fsp3) is 0.200. The van der Waals surface area contributed by atoms with Gasteiger partial charge in [-0.15, -0.1) is 0 Å². The van der Waals surface area contributed by atoms with E-state index in [4.69, 9.17) is 14.5 Å². The quantitative estimate of drug-likeness (QED) is 0.300. The summed E-state index contributed by atoms with van der Waals surface area (Å²) in [4.78, 5) is 17.3. The largest absolute Gasteiger partial charge is 0.491 e. The molecule has 5 aromatic rings. The summed E-state index contributed by atoms with van der Waals surface area (Å²) in [5, 5.41) is 5.19. The molecule has 0 aliphatic carbocycles. The van der Waals surface area contributed by atoms with Crippen LogP contribution < -0.4 is 14.8 Å². The van der Waals surface area contributed by atoms with Crippen molar-refractivity contribution in [2.24, 2.45) is 0 Å². The number of amides is 1. The molecule has 0 radical (unpaired) electrons. The van der Waals surface area contributed by atoms with Crippen LogP contribution in [-0.2, 0) is 17.9 Å². The highest BCUT2D eigenvalue weighted by molar-refractivity contribution is 5.88. The smallest absolute Gasteiger partial charge is 0.258 e. The number of imidazole rings is 1. The van der Waals surface area contributed by atoms with Crippen molar-refractivity contribution < 1.29 is 14.3 Å². The number of nitrogens with one attached hydrogen (secondary N) is 1. The van der Waals surface area contributed by atoms with Gasteiger partial charge in [0.25, 0.3) is 5.91 Å². The van der Waals surface area contributed by atoms with Gasteiger partial charge in [0.15, 0.2) is 6.61 Å². The Morgan fingerprint density at radius 3 is 2.61 bits per heavy atom. The minimum Gasteiger partial charge on any atom is -0.491 e. The Morgan fingerprint density at radius 2 is 1.69 bits per heavy atom. The first-order chi connectivity index (χ1) is 17.6. The van der Waals surface area contributed by atoms with Gasteiger partial charge in [-0.2, -0.15) is 0 Å². The van der Waals surface area contributed by atoms with Gasteiger partial charge < -0.3 is 19.4 Å². The lowest BCUT2D eigenvalue weighted by Gasteiger charge is -2.13. The number of benzene rings is 4. The van der Waals surface area contributed by atoms with E-state index in [-0.39, 0.29) is 12.5 Å². The molecular formula is C30H29N3O3. The molecule has 0 spiro atoms. The van der Waals surface area contributed by atoms with Crippen LogP contribution in [0.2, 0.25) is 0 Å². The van der Waals surface area contributed by atoms with E-state index in [1.165, 1.54) is 0 Å². The van der Waals surface area contributed by atoms with Crippen LogP contribution in [0.15, 0.2) is 84.9 Å². The molecule has 4 aromatic carbocycles. The number of ether oxygens (including phenoxy) is 2. The molecule has 1 N–H and O–H groups in total. The fourth-order valence-electron chi connectivity index (χ4n) is 4.31. The lowest BCUT2D eigenvalue weighted by molar-refractivity contribution is -0.123. The van der Waals surface area contributed by atoms with Crippen LogP contribution in [0.1, 0.15) is 17.0 Å². The number of carbonyl (C=O) groups is 1. The van der Waals surface area contributed by atoms with Gasteiger partial charge in [0.1, 0.15) is 23.9 Å². The lowest BCUT2D eigenvalue weighted by atomic mass is 10.1. The van der Waals surface area contributed by atoms with Crippen LogP contribution in [0.3, 0.4) is 0 Å². The zero-order valence-electron chi connectivity index (χ0n) is 20.5. The van der Waals surface area contributed by atoms with Crippen LogP contribution in [0.4, 0.5) is 0 Å². The molecular weight excluding hydrogens is 450 g/mol. The molecule has 36 heavy (non-hydrogen) atoms. The van der Waals surface area contributed by atoms with Gasteiger partial charge >= 0.3 is 0 Å². The fourth-order valence-corrected chi connectivity index (χ4v) is 4.31. The van der Waals surface area contributed by atoms with Crippen molar-refractivity contribution in [3.8, 4) is 11.5 Å². The number of hydrogen-bond acceptors (Lipinski definition) is 4. The van der Waals surface area contributed by atoms with Crippen molar-refractivity contribution in [1.29, 1.82) is 0 Å². The topological polar surface area (TPSA) is 65.4 Å². The van der Waals surface area contributed by atoms with Crippen molar-refractivity contribution in [3.05, 3.63) is 102 Å². The summed E-state index contributed by atoms with van der Waals surface area (Å²) >= 11 is 0. The van der Waals surface area contributed by atoms with E-state index in [2.05, 4.69) is 28.1 Å². The SMILES string of the molecule is Cc1ccc(C)c(OCC(=O)NCc2nc3ccccc3n2CCOc2cccc3ccccc23)c1. The molecule has 0 atom stereocenters. The Labute approximate surface area is 210 Å². The third-order valence-electron chi connectivity index (χ3n) is 6.20. The average molecular weight is 480 g/mol. The normalized spacial score (nSPS) is 11.1. The molecule has 0 aliphatic rings. The third-order valence-corrected chi connectivity index (χ3v) is 6.20. The van der Waals surface area contributed by atoms with Gasteiger partial charge in [0.2, 0.25) is 0 Å². The van der Waals surface area contributed by atoms with Crippen molar-refractivity contribution in [2.75, 3.05) is 13.2 Å². The Kier molecular flexibility index (Phi) is 6.85. The van der Waals surface area contributed by atoms with Crippen LogP contribution >= 0.6 is 0 Å². The van der Waals surface area contributed by atoms with Gasteiger partial charge in [-0.25, -0.2) is 4.98 Å². The summed E-state index contributed by atoms with van der Waals surface area (Å²) in [6.07, 6.45) is 0. The Morgan fingerprint density at radius 1 is 0.889 bits per heavy atom.